The number of aromatic amines is 1. The summed E-state index contributed by atoms with van der Waals surface area (Å²) in [6.45, 7) is 2.35. The number of tetrazole rings is 1. The van der Waals surface area contributed by atoms with Crippen LogP contribution in [0.3, 0.4) is 0 Å². The molecule has 1 aliphatic rings. The zero-order valence-corrected chi connectivity index (χ0v) is 18.5. The molecule has 0 spiro atoms. The molecule has 0 unspecified atom stereocenters. The number of alkyl halides is 3. The topological polar surface area (TPSA) is 84.8 Å². The molecule has 3 heterocycles. The number of hydrogen-bond donors (Lipinski definition) is 1. The van der Waals surface area contributed by atoms with Gasteiger partial charge in [-0.25, -0.2) is 10.1 Å². The Balaban J connectivity index is 1.60. The van der Waals surface area contributed by atoms with Gasteiger partial charge in [-0.3, -0.25) is 0 Å². The van der Waals surface area contributed by atoms with E-state index < -0.39 is 12.0 Å². The first-order valence-electron chi connectivity index (χ1n) is 11.1. The van der Waals surface area contributed by atoms with Gasteiger partial charge >= 0.3 is 6.18 Å². The highest BCUT2D eigenvalue weighted by Crippen LogP contribution is 2.38. The highest BCUT2D eigenvalue weighted by Gasteiger charge is 2.38. The summed E-state index contributed by atoms with van der Waals surface area (Å²) in [7, 11) is 0. The number of rotatable bonds is 4. The molecule has 1 aliphatic heterocycles. The SMILES string of the molecule is FC(F)(F)c1nc2c(-c3nnn[nH]3)cc(N3CCOCC3)cc2n1Cc1cccc2ccccc12. The smallest absolute Gasteiger partial charge is 0.378 e. The Labute approximate surface area is 197 Å². The molecule has 2 aromatic heterocycles. The number of halogens is 3. The van der Waals surface area contributed by atoms with Crippen LogP contribution in [0.5, 0.6) is 0 Å². The van der Waals surface area contributed by atoms with Crippen molar-refractivity contribution in [1.82, 2.24) is 30.2 Å². The first-order valence-corrected chi connectivity index (χ1v) is 11.1. The number of H-pyrrole nitrogens is 1. The Hall–Kier alpha value is -3.99. The van der Waals surface area contributed by atoms with Crippen molar-refractivity contribution in [2.75, 3.05) is 31.2 Å². The Bertz CT molecular complexity index is 1500. The van der Waals surface area contributed by atoms with E-state index in [1.54, 1.807) is 12.1 Å². The summed E-state index contributed by atoms with van der Waals surface area (Å²) in [5.41, 5.74) is 2.50. The van der Waals surface area contributed by atoms with Crippen LogP contribution < -0.4 is 4.90 Å². The van der Waals surface area contributed by atoms with E-state index in [2.05, 4.69) is 30.5 Å². The molecule has 1 N–H and O–H groups in total. The Morgan fingerprint density at radius 3 is 2.57 bits per heavy atom. The number of morpholine rings is 1. The van der Waals surface area contributed by atoms with Crippen LogP contribution in [-0.2, 0) is 17.5 Å². The normalized spacial score (nSPS) is 14.8. The fraction of sp³-hybridized carbons (Fsp3) is 0.250. The lowest BCUT2D eigenvalue weighted by molar-refractivity contribution is -0.146. The fourth-order valence-electron chi connectivity index (χ4n) is 4.64. The van der Waals surface area contributed by atoms with Gasteiger partial charge in [0, 0.05) is 18.8 Å². The summed E-state index contributed by atoms with van der Waals surface area (Å²) in [4.78, 5) is 6.16. The number of aromatic nitrogens is 6. The number of ether oxygens (including phenoxy) is 1. The van der Waals surface area contributed by atoms with Crippen LogP contribution >= 0.6 is 0 Å². The molecule has 5 aromatic rings. The van der Waals surface area contributed by atoms with E-state index in [1.165, 1.54) is 4.57 Å². The van der Waals surface area contributed by atoms with E-state index in [0.717, 1.165) is 22.0 Å². The molecule has 1 saturated heterocycles. The van der Waals surface area contributed by atoms with Crippen molar-refractivity contribution < 1.29 is 17.9 Å². The van der Waals surface area contributed by atoms with Crippen molar-refractivity contribution in [3.05, 3.63) is 66.0 Å². The predicted octanol–water partition coefficient (Wildman–Crippen LogP) is 4.27. The van der Waals surface area contributed by atoms with Crippen molar-refractivity contribution >= 4 is 27.5 Å². The van der Waals surface area contributed by atoms with Crippen molar-refractivity contribution in [3.63, 3.8) is 0 Å². The summed E-state index contributed by atoms with van der Waals surface area (Å²) in [5, 5.41) is 15.7. The standard InChI is InChI=1S/C24H20F3N7O/c25-24(26,27)23-28-21-19(22-29-31-32-30-22)12-17(33-8-10-35-11-9-33)13-20(21)34(23)14-16-6-3-5-15-4-1-2-7-18(15)16/h1-7,12-13H,8-11,14H2,(H,29,30,31,32). The van der Waals surface area contributed by atoms with Crippen LogP contribution in [-0.4, -0.2) is 56.5 Å². The lowest BCUT2D eigenvalue weighted by Crippen LogP contribution is -2.36. The Kier molecular flexibility index (Phi) is 5.14. The highest BCUT2D eigenvalue weighted by atomic mass is 19.4. The number of benzene rings is 3. The fourth-order valence-corrected chi connectivity index (χ4v) is 4.64. The maximum atomic E-state index is 14.3. The molecule has 1 fully saturated rings. The summed E-state index contributed by atoms with van der Waals surface area (Å²) < 4.78 is 49.5. The number of anilines is 1. The van der Waals surface area contributed by atoms with Gasteiger partial charge in [-0.15, -0.1) is 5.10 Å². The van der Waals surface area contributed by atoms with Crippen molar-refractivity contribution in [3.8, 4) is 11.4 Å². The zero-order chi connectivity index (χ0) is 24.0. The number of hydrogen-bond acceptors (Lipinski definition) is 6. The summed E-state index contributed by atoms with van der Waals surface area (Å²) in [6.07, 6.45) is -4.65. The van der Waals surface area contributed by atoms with Gasteiger partial charge in [0.25, 0.3) is 0 Å². The van der Waals surface area contributed by atoms with Crippen LogP contribution in [0.25, 0.3) is 33.2 Å². The van der Waals surface area contributed by atoms with Crippen LogP contribution in [0.4, 0.5) is 18.9 Å². The molecule has 0 amide bonds. The maximum Gasteiger partial charge on any atom is 0.449 e. The summed E-state index contributed by atoms with van der Waals surface area (Å²) in [6, 6.07) is 16.9. The molecule has 6 rings (SSSR count). The lowest BCUT2D eigenvalue weighted by atomic mass is 10.0. The quantitative estimate of drug-likeness (QED) is 0.414. The van der Waals surface area contributed by atoms with Crippen LogP contribution in [0.15, 0.2) is 54.6 Å². The first kappa shape index (κ1) is 21.5. The maximum absolute atomic E-state index is 14.3. The van der Waals surface area contributed by atoms with Gasteiger partial charge in [-0.2, -0.15) is 13.2 Å². The lowest BCUT2D eigenvalue weighted by Gasteiger charge is -2.29. The second kappa shape index (κ2) is 8.35. The minimum absolute atomic E-state index is 0.00730. The molecule has 11 heteroatoms. The molecular weight excluding hydrogens is 459 g/mol. The third kappa shape index (κ3) is 3.87. The van der Waals surface area contributed by atoms with Gasteiger partial charge in [0.15, 0.2) is 5.82 Å². The first-order chi connectivity index (χ1) is 17.0. The second-order valence-corrected chi connectivity index (χ2v) is 8.37. The predicted molar refractivity (Wildman–Crippen MR) is 124 cm³/mol. The molecule has 3 aromatic carbocycles. The molecule has 0 saturated carbocycles. The third-order valence-electron chi connectivity index (χ3n) is 6.28. The molecule has 0 radical (unpaired) electrons. The minimum Gasteiger partial charge on any atom is -0.378 e. The molecule has 0 aliphatic carbocycles. The highest BCUT2D eigenvalue weighted by molar-refractivity contribution is 5.94. The monoisotopic (exact) mass is 479 g/mol. The van der Waals surface area contributed by atoms with Gasteiger partial charge in [0.1, 0.15) is 5.52 Å². The van der Waals surface area contributed by atoms with Gasteiger partial charge in [-0.1, -0.05) is 42.5 Å². The van der Waals surface area contributed by atoms with Gasteiger partial charge < -0.3 is 14.2 Å². The Morgan fingerprint density at radius 1 is 1.00 bits per heavy atom. The molecule has 8 nitrogen and oxygen atoms in total. The third-order valence-corrected chi connectivity index (χ3v) is 6.28. The van der Waals surface area contributed by atoms with E-state index in [4.69, 9.17) is 4.74 Å². The molecule has 0 atom stereocenters. The van der Waals surface area contributed by atoms with E-state index in [0.29, 0.717) is 37.4 Å². The van der Waals surface area contributed by atoms with Gasteiger partial charge in [0.05, 0.1) is 30.8 Å². The average molecular weight is 479 g/mol. The van der Waals surface area contributed by atoms with Crippen molar-refractivity contribution in [1.29, 1.82) is 0 Å². The van der Waals surface area contributed by atoms with Crippen molar-refractivity contribution in [2.24, 2.45) is 0 Å². The summed E-state index contributed by atoms with van der Waals surface area (Å²) in [5.74, 6) is -0.707. The average Bonchev–Trinajstić information content (AvgIpc) is 3.53. The molecule has 35 heavy (non-hydrogen) atoms. The number of imidazole rings is 1. The number of nitrogens with zero attached hydrogens (tertiary/aromatic N) is 6. The van der Waals surface area contributed by atoms with Crippen LogP contribution in [0, 0.1) is 0 Å². The number of nitrogens with one attached hydrogen (secondary N) is 1. The molecular formula is C24H20F3N7O. The minimum atomic E-state index is -4.65. The van der Waals surface area contributed by atoms with Gasteiger partial charge in [-0.05, 0) is 38.9 Å². The zero-order valence-electron chi connectivity index (χ0n) is 18.5. The summed E-state index contributed by atoms with van der Waals surface area (Å²) >= 11 is 0. The van der Waals surface area contributed by atoms with Crippen molar-refractivity contribution in [2.45, 2.75) is 12.7 Å². The second-order valence-electron chi connectivity index (χ2n) is 8.37. The van der Waals surface area contributed by atoms with E-state index in [9.17, 15) is 13.2 Å². The molecule has 0 bridgehead atoms. The van der Waals surface area contributed by atoms with Crippen LogP contribution in [0.2, 0.25) is 0 Å². The number of fused-ring (bicyclic) bond motifs is 2. The van der Waals surface area contributed by atoms with Gasteiger partial charge in [0.2, 0.25) is 5.82 Å². The van der Waals surface area contributed by atoms with E-state index in [-0.39, 0.29) is 17.9 Å². The van der Waals surface area contributed by atoms with E-state index >= 15 is 0 Å². The Morgan fingerprint density at radius 2 is 1.80 bits per heavy atom. The van der Waals surface area contributed by atoms with E-state index in [1.807, 2.05) is 42.5 Å². The molecule has 178 valence electrons. The largest absolute Gasteiger partial charge is 0.449 e. The van der Waals surface area contributed by atoms with Crippen LogP contribution in [0.1, 0.15) is 11.4 Å².